The number of furan rings is 1. The van der Waals surface area contributed by atoms with Crippen LogP contribution in [0.4, 0.5) is 0 Å². The van der Waals surface area contributed by atoms with Crippen LogP contribution in [0, 0.1) is 6.92 Å². The number of aliphatic hydroxyl groups is 1. The highest BCUT2D eigenvalue weighted by molar-refractivity contribution is 9.10. The molecule has 0 atom stereocenters. The van der Waals surface area contributed by atoms with E-state index in [2.05, 4.69) is 39.6 Å². The van der Waals surface area contributed by atoms with E-state index in [1.165, 1.54) is 5.56 Å². The smallest absolute Gasteiger partial charge is 0.134 e. The molecule has 2 rings (SSSR count). The van der Waals surface area contributed by atoms with E-state index in [0.29, 0.717) is 13.1 Å². The summed E-state index contributed by atoms with van der Waals surface area (Å²) in [6.07, 6.45) is 0. The van der Waals surface area contributed by atoms with Gasteiger partial charge in [-0.3, -0.25) is 0 Å². The van der Waals surface area contributed by atoms with Crippen molar-refractivity contribution in [2.45, 2.75) is 13.5 Å². The van der Waals surface area contributed by atoms with Gasteiger partial charge in [-0.2, -0.15) is 0 Å². The van der Waals surface area contributed by atoms with Crippen molar-refractivity contribution in [2.24, 2.45) is 0 Å². The molecule has 0 aliphatic heterocycles. The maximum atomic E-state index is 8.65. The Labute approximate surface area is 158 Å². The van der Waals surface area contributed by atoms with Crippen LogP contribution in [-0.2, 0) is 6.54 Å². The Morgan fingerprint density at radius 1 is 1.04 bits per heavy atom. The Morgan fingerprint density at radius 2 is 1.78 bits per heavy atom. The fraction of sp³-hybridized carbons (Fsp3) is 0.375. The van der Waals surface area contributed by atoms with E-state index in [0.717, 1.165) is 34.6 Å². The van der Waals surface area contributed by atoms with E-state index in [1.54, 1.807) is 0 Å². The minimum Gasteiger partial charge on any atom is -0.460 e. The van der Waals surface area contributed by atoms with Gasteiger partial charge in [0, 0.05) is 29.7 Å². The molecular weight excluding hydrogens is 403 g/mol. The van der Waals surface area contributed by atoms with Crippen molar-refractivity contribution in [3.8, 4) is 11.3 Å². The van der Waals surface area contributed by atoms with E-state index in [4.69, 9.17) is 9.52 Å². The fourth-order valence-corrected chi connectivity index (χ4v) is 2.27. The van der Waals surface area contributed by atoms with Crippen molar-refractivity contribution in [3.05, 3.63) is 46.1 Å². The van der Waals surface area contributed by atoms with Crippen molar-refractivity contribution < 1.29 is 9.52 Å². The van der Waals surface area contributed by atoms with Gasteiger partial charge in [-0.05, 0) is 36.8 Å². The highest BCUT2D eigenvalue weighted by Gasteiger charge is 2.06. The first-order valence-corrected chi connectivity index (χ1v) is 7.87. The lowest BCUT2D eigenvalue weighted by molar-refractivity contribution is 0.292. The van der Waals surface area contributed by atoms with Crippen molar-refractivity contribution in [1.82, 2.24) is 10.6 Å². The van der Waals surface area contributed by atoms with E-state index in [-0.39, 0.29) is 31.4 Å². The molecule has 1 heterocycles. The molecule has 0 unspecified atom stereocenters. The molecule has 0 amide bonds. The lowest BCUT2D eigenvalue weighted by atomic mass is 10.1. The van der Waals surface area contributed by atoms with Gasteiger partial charge in [0.15, 0.2) is 0 Å². The van der Waals surface area contributed by atoms with Gasteiger partial charge < -0.3 is 20.2 Å². The zero-order valence-corrected chi connectivity index (χ0v) is 16.2. The highest BCUT2D eigenvalue weighted by atomic mass is 79.9. The van der Waals surface area contributed by atoms with Gasteiger partial charge in [0.05, 0.1) is 13.2 Å². The van der Waals surface area contributed by atoms with Gasteiger partial charge in [-0.25, -0.2) is 0 Å². The summed E-state index contributed by atoms with van der Waals surface area (Å²) in [7, 11) is 0. The van der Waals surface area contributed by atoms with E-state index in [9.17, 15) is 0 Å². The first-order valence-electron chi connectivity index (χ1n) is 7.08. The Morgan fingerprint density at radius 3 is 2.48 bits per heavy atom. The van der Waals surface area contributed by atoms with Crippen molar-refractivity contribution in [2.75, 3.05) is 26.2 Å². The number of aryl methyl sites for hydroxylation is 1. The van der Waals surface area contributed by atoms with Gasteiger partial charge in [-0.15, -0.1) is 24.8 Å². The highest BCUT2D eigenvalue weighted by Crippen LogP contribution is 2.26. The van der Waals surface area contributed by atoms with Crippen molar-refractivity contribution in [3.63, 3.8) is 0 Å². The van der Waals surface area contributed by atoms with Crippen LogP contribution in [0.15, 0.2) is 39.2 Å². The first kappa shape index (κ1) is 22.4. The van der Waals surface area contributed by atoms with Crippen LogP contribution in [0.2, 0.25) is 0 Å². The average Bonchev–Trinajstić information content (AvgIpc) is 2.94. The van der Waals surface area contributed by atoms with Gasteiger partial charge in [-0.1, -0.05) is 22.0 Å². The molecule has 0 aliphatic rings. The number of rotatable bonds is 8. The lowest BCUT2D eigenvalue weighted by Gasteiger charge is -2.04. The summed E-state index contributed by atoms with van der Waals surface area (Å²) in [5.74, 6) is 1.81. The molecule has 130 valence electrons. The largest absolute Gasteiger partial charge is 0.460 e. The fourth-order valence-electron chi connectivity index (χ4n) is 2.02. The molecule has 1 aromatic carbocycles. The van der Waals surface area contributed by atoms with E-state index in [1.807, 2.05) is 24.3 Å². The number of benzene rings is 1. The Bertz CT molecular complexity index is 579. The molecule has 0 spiro atoms. The van der Waals surface area contributed by atoms with Crippen LogP contribution < -0.4 is 10.6 Å². The third-order valence-electron chi connectivity index (χ3n) is 3.17. The molecular formula is C16H23BrCl2N2O2. The monoisotopic (exact) mass is 424 g/mol. The van der Waals surface area contributed by atoms with Crippen LogP contribution >= 0.6 is 40.7 Å². The molecule has 3 N–H and O–H groups in total. The SMILES string of the molecule is Cc1cc(-c2ccc(CNCCNCCO)o2)ccc1Br.Cl.Cl. The van der Waals surface area contributed by atoms with Crippen LogP contribution in [0.3, 0.4) is 0 Å². The van der Waals surface area contributed by atoms with Crippen LogP contribution in [-0.4, -0.2) is 31.3 Å². The minimum atomic E-state index is 0. The quantitative estimate of drug-likeness (QED) is 0.566. The molecule has 0 saturated carbocycles. The van der Waals surface area contributed by atoms with Crippen LogP contribution in [0.5, 0.6) is 0 Å². The summed E-state index contributed by atoms with van der Waals surface area (Å²) in [4.78, 5) is 0. The first-order chi connectivity index (χ1) is 10.2. The lowest BCUT2D eigenvalue weighted by Crippen LogP contribution is -2.28. The molecule has 0 saturated heterocycles. The molecule has 1 aromatic heterocycles. The second-order valence-electron chi connectivity index (χ2n) is 4.88. The van der Waals surface area contributed by atoms with Crippen LogP contribution in [0.1, 0.15) is 11.3 Å². The third kappa shape index (κ3) is 7.25. The predicted octanol–water partition coefficient (Wildman–Crippen LogP) is 3.53. The summed E-state index contributed by atoms with van der Waals surface area (Å²) < 4.78 is 6.96. The molecule has 0 bridgehead atoms. The van der Waals surface area contributed by atoms with Crippen molar-refractivity contribution >= 4 is 40.7 Å². The summed E-state index contributed by atoms with van der Waals surface area (Å²) in [5, 5.41) is 15.1. The normalized spacial score (nSPS) is 10.0. The molecule has 0 radical (unpaired) electrons. The number of hydrogen-bond acceptors (Lipinski definition) is 4. The molecule has 7 heteroatoms. The number of halogens is 3. The summed E-state index contributed by atoms with van der Waals surface area (Å²) in [6, 6.07) is 10.2. The van der Waals surface area contributed by atoms with E-state index < -0.39 is 0 Å². The second kappa shape index (κ2) is 11.9. The number of hydrogen-bond donors (Lipinski definition) is 3. The summed E-state index contributed by atoms with van der Waals surface area (Å²) >= 11 is 3.50. The van der Waals surface area contributed by atoms with Gasteiger partial charge >= 0.3 is 0 Å². The molecule has 0 aliphatic carbocycles. The molecule has 23 heavy (non-hydrogen) atoms. The van der Waals surface area contributed by atoms with Crippen molar-refractivity contribution in [1.29, 1.82) is 0 Å². The summed E-state index contributed by atoms with van der Waals surface area (Å²) in [5.41, 5.74) is 2.28. The predicted molar refractivity (Wildman–Crippen MR) is 103 cm³/mol. The standard InChI is InChI=1S/C16H21BrN2O2.2ClH/c1-12-10-13(2-4-15(12)17)16-5-3-14(21-16)11-19-7-6-18-8-9-20;;/h2-5,10,18-20H,6-9,11H2,1H3;2*1H. The number of aliphatic hydroxyl groups excluding tert-OH is 1. The number of nitrogens with one attached hydrogen (secondary N) is 2. The van der Waals surface area contributed by atoms with Gasteiger partial charge in [0.25, 0.3) is 0 Å². The molecule has 0 fully saturated rings. The topological polar surface area (TPSA) is 57.4 Å². The maximum Gasteiger partial charge on any atom is 0.134 e. The molecule has 4 nitrogen and oxygen atoms in total. The average molecular weight is 426 g/mol. The molecule has 2 aromatic rings. The maximum absolute atomic E-state index is 8.65. The third-order valence-corrected chi connectivity index (χ3v) is 4.06. The zero-order valence-electron chi connectivity index (χ0n) is 13.0. The van der Waals surface area contributed by atoms with Gasteiger partial charge in [0.2, 0.25) is 0 Å². The van der Waals surface area contributed by atoms with E-state index >= 15 is 0 Å². The minimum absolute atomic E-state index is 0. The second-order valence-corrected chi connectivity index (χ2v) is 5.73. The van der Waals surface area contributed by atoms with Crippen LogP contribution in [0.25, 0.3) is 11.3 Å². The Hall–Kier alpha value is -0.560. The zero-order chi connectivity index (χ0) is 15.1. The Kier molecular flexibility index (Phi) is 11.6. The van der Waals surface area contributed by atoms with Gasteiger partial charge in [0.1, 0.15) is 11.5 Å². The summed E-state index contributed by atoms with van der Waals surface area (Å²) in [6.45, 7) is 5.26. The Balaban J connectivity index is 0.00000242.